The zero-order chi connectivity index (χ0) is 10.6. The molecule has 0 radical (unpaired) electrons. The SMILES string of the molecule is CC(C)SCC(=O)Cc1ncnn1C. The van der Waals surface area contributed by atoms with Gasteiger partial charge in [0, 0.05) is 7.05 Å². The summed E-state index contributed by atoms with van der Waals surface area (Å²) in [4.78, 5) is 15.5. The molecule has 0 saturated heterocycles. The third-order valence-electron chi connectivity index (χ3n) is 1.74. The molecule has 4 nitrogen and oxygen atoms in total. The second-order valence-electron chi connectivity index (χ2n) is 3.38. The summed E-state index contributed by atoms with van der Waals surface area (Å²) in [6, 6.07) is 0. The van der Waals surface area contributed by atoms with Gasteiger partial charge in [-0.1, -0.05) is 13.8 Å². The Kier molecular flexibility index (Phi) is 4.13. The van der Waals surface area contributed by atoms with E-state index in [0.29, 0.717) is 17.4 Å². The lowest BCUT2D eigenvalue weighted by molar-refractivity contribution is -0.116. The number of thioether (sulfide) groups is 1. The van der Waals surface area contributed by atoms with Crippen LogP contribution in [-0.2, 0) is 18.3 Å². The van der Waals surface area contributed by atoms with E-state index in [2.05, 4.69) is 23.9 Å². The van der Waals surface area contributed by atoms with Gasteiger partial charge in [0.1, 0.15) is 17.9 Å². The number of carbonyl (C=O) groups excluding carboxylic acids is 1. The zero-order valence-corrected chi connectivity index (χ0v) is 9.54. The molecule has 14 heavy (non-hydrogen) atoms. The van der Waals surface area contributed by atoms with Crippen molar-refractivity contribution in [3.63, 3.8) is 0 Å². The molecule has 0 fully saturated rings. The minimum Gasteiger partial charge on any atom is -0.298 e. The van der Waals surface area contributed by atoms with E-state index in [1.165, 1.54) is 6.33 Å². The monoisotopic (exact) mass is 213 g/mol. The van der Waals surface area contributed by atoms with Crippen LogP contribution in [0.15, 0.2) is 6.33 Å². The van der Waals surface area contributed by atoms with Gasteiger partial charge in [0.25, 0.3) is 0 Å². The summed E-state index contributed by atoms with van der Waals surface area (Å²) >= 11 is 1.66. The van der Waals surface area contributed by atoms with E-state index in [1.54, 1.807) is 23.5 Å². The van der Waals surface area contributed by atoms with Gasteiger partial charge in [0.2, 0.25) is 0 Å². The van der Waals surface area contributed by atoms with Crippen molar-refractivity contribution in [2.24, 2.45) is 7.05 Å². The highest BCUT2D eigenvalue weighted by Gasteiger charge is 2.08. The van der Waals surface area contributed by atoms with Crippen LogP contribution in [0.3, 0.4) is 0 Å². The number of carbonyl (C=O) groups is 1. The molecule has 0 saturated carbocycles. The van der Waals surface area contributed by atoms with E-state index < -0.39 is 0 Å². The average Bonchev–Trinajstić information content (AvgIpc) is 2.49. The van der Waals surface area contributed by atoms with Crippen molar-refractivity contribution in [3.05, 3.63) is 12.2 Å². The third-order valence-corrected chi connectivity index (χ3v) is 2.89. The van der Waals surface area contributed by atoms with Crippen LogP contribution in [0.25, 0.3) is 0 Å². The Hall–Kier alpha value is -0.840. The zero-order valence-electron chi connectivity index (χ0n) is 8.73. The van der Waals surface area contributed by atoms with Crippen LogP contribution in [0, 0.1) is 0 Å². The molecular weight excluding hydrogens is 198 g/mol. The summed E-state index contributed by atoms with van der Waals surface area (Å²) in [6.07, 6.45) is 1.86. The standard InChI is InChI=1S/C9H15N3OS/c1-7(2)14-5-8(13)4-9-10-6-11-12(9)3/h6-7H,4-5H2,1-3H3. The number of aromatic nitrogens is 3. The van der Waals surface area contributed by atoms with Crippen LogP contribution < -0.4 is 0 Å². The van der Waals surface area contributed by atoms with Crippen molar-refractivity contribution in [1.82, 2.24) is 14.8 Å². The second-order valence-corrected chi connectivity index (χ2v) is 4.94. The highest BCUT2D eigenvalue weighted by molar-refractivity contribution is 8.00. The topological polar surface area (TPSA) is 47.8 Å². The molecule has 0 aliphatic rings. The molecule has 0 unspecified atom stereocenters. The maximum Gasteiger partial charge on any atom is 0.150 e. The Bertz CT molecular complexity index is 309. The van der Waals surface area contributed by atoms with Crippen LogP contribution in [0.1, 0.15) is 19.7 Å². The van der Waals surface area contributed by atoms with Gasteiger partial charge in [-0.15, -0.1) is 0 Å². The maximum atomic E-state index is 11.5. The Morgan fingerprint density at radius 2 is 2.36 bits per heavy atom. The first-order valence-corrected chi connectivity index (χ1v) is 5.60. The Morgan fingerprint density at radius 3 is 2.86 bits per heavy atom. The molecule has 0 N–H and O–H groups in total. The number of hydrogen-bond donors (Lipinski definition) is 0. The lowest BCUT2D eigenvalue weighted by atomic mass is 10.3. The quantitative estimate of drug-likeness (QED) is 0.734. The lowest BCUT2D eigenvalue weighted by Gasteiger charge is -2.03. The van der Waals surface area contributed by atoms with Gasteiger partial charge in [-0.2, -0.15) is 16.9 Å². The van der Waals surface area contributed by atoms with Gasteiger partial charge in [-0.25, -0.2) is 4.98 Å². The first-order valence-electron chi connectivity index (χ1n) is 4.55. The second kappa shape index (κ2) is 5.14. The van der Waals surface area contributed by atoms with Crippen molar-refractivity contribution < 1.29 is 4.79 Å². The first kappa shape index (κ1) is 11.2. The molecule has 0 bridgehead atoms. The number of rotatable bonds is 5. The molecule has 78 valence electrons. The van der Waals surface area contributed by atoms with Crippen molar-refractivity contribution in [2.45, 2.75) is 25.5 Å². The number of aryl methyl sites for hydroxylation is 1. The van der Waals surface area contributed by atoms with E-state index in [9.17, 15) is 4.79 Å². The highest BCUT2D eigenvalue weighted by Crippen LogP contribution is 2.09. The Morgan fingerprint density at radius 1 is 1.64 bits per heavy atom. The van der Waals surface area contributed by atoms with Gasteiger partial charge in [-0.3, -0.25) is 9.48 Å². The summed E-state index contributed by atoms with van der Waals surface area (Å²) in [7, 11) is 1.80. The molecule has 0 aliphatic carbocycles. The molecule has 1 heterocycles. The van der Waals surface area contributed by atoms with Gasteiger partial charge in [0.05, 0.1) is 12.2 Å². The minimum atomic E-state index is 0.208. The molecule has 1 rings (SSSR count). The fraction of sp³-hybridized carbons (Fsp3) is 0.667. The third kappa shape index (κ3) is 3.49. The van der Waals surface area contributed by atoms with E-state index in [0.717, 1.165) is 5.82 Å². The lowest BCUT2D eigenvalue weighted by Crippen LogP contribution is -2.11. The molecule has 5 heteroatoms. The Labute approximate surface area is 88.1 Å². The molecule has 0 spiro atoms. The normalized spacial score (nSPS) is 10.9. The van der Waals surface area contributed by atoms with E-state index in [4.69, 9.17) is 0 Å². The van der Waals surface area contributed by atoms with Crippen molar-refractivity contribution in [1.29, 1.82) is 0 Å². The fourth-order valence-electron chi connectivity index (χ4n) is 0.967. The number of hydrogen-bond acceptors (Lipinski definition) is 4. The van der Waals surface area contributed by atoms with Gasteiger partial charge in [-0.05, 0) is 5.25 Å². The number of Topliss-reactive ketones (excluding diaryl/α,β-unsaturated/α-hetero) is 1. The van der Waals surface area contributed by atoms with Gasteiger partial charge in [0.15, 0.2) is 0 Å². The summed E-state index contributed by atoms with van der Waals surface area (Å²) in [5.41, 5.74) is 0. The van der Waals surface area contributed by atoms with Gasteiger partial charge >= 0.3 is 0 Å². The summed E-state index contributed by atoms with van der Waals surface area (Å²) in [6.45, 7) is 4.17. The molecule has 1 aromatic heterocycles. The smallest absolute Gasteiger partial charge is 0.150 e. The van der Waals surface area contributed by atoms with E-state index in [1.807, 2.05) is 0 Å². The molecular formula is C9H15N3OS. The number of nitrogens with zero attached hydrogens (tertiary/aromatic N) is 3. The van der Waals surface area contributed by atoms with Crippen LogP contribution in [0.5, 0.6) is 0 Å². The van der Waals surface area contributed by atoms with Crippen LogP contribution >= 0.6 is 11.8 Å². The fourth-order valence-corrected chi connectivity index (χ4v) is 1.59. The van der Waals surface area contributed by atoms with E-state index in [-0.39, 0.29) is 5.78 Å². The maximum absolute atomic E-state index is 11.5. The van der Waals surface area contributed by atoms with Crippen LogP contribution in [0.4, 0.5) is 0 Å². The predicted molar refractivity (Wildman–Crippen MR) is 57.3 cm³/mol. The first-order chi connectivity index (χ1) is 6.59. The molecule has 0 aromatic carbocycles. The molecule has 0 aliphatic heterocycles. The van der Waals surface area contributed by atoms with E-state index >= 15 is 0 Å². The average molecular weight is 213 g/mol. The summed E-state index contributed by atoms with van der Waals surface area (Å²) in [5.74, 6) is 1.50. The highest BCUT2D eigenvalue weighted by atomic mass is 32.2. The number of ketones is 1. The minimum absolute atomic E-state index is 0.208. The van der Waals surface area contributed by atoms with Gasteiger partial charge < -0.3 is 0 Å². The van der Waals surface area contributed by atoms with Crippen LogP contribution in [-0.4, -0.2) is 31.6 Å². The van der Waals surface area contributed by atoms with Crippen molar-refractivity contribution in [3.8, 4) is 0 Å². The van der Waals surface area contributed by atoms with Crippen LogP contribution in [0.2, 0.25) is 0 Å². The predicted octanol–water partition coefficient (Wildman–Crippen LogP) is 1.07. The summed E-state index contributed by atoms with van der Waals surface area (Å²) in [5, 5.41) is 4.41. The summed E-state index contributed by atoms with van der Waals surface area (Å²) < 4.78 is 1.64. The Balaban J connectivity index is 2.38. The largest absolute Gasteiger partial charge is 0.298 e. The molecule has 1 aromatic rings. The molecule has 0 atom stereocenters. The van der Waals surface area contributed by atoms with Crippen molar-refractivity contribution in [2.75, 3.05) is 5.75 Å². The van der Waals surface area contributed by atoms with Crippen molar-refractivity contribution >= 4 is 17.5 Å². The molecule has 0 amide bonds.